The molecule has 0 aromatic heterocycles. The van der Waals surface area contributed by atoms with Gasteiger partial charge in [-0.2, -0.15) is 0 Å². The zero-order valence-corrected chi connectivity index (χ0v) is 11.0. The second kappa shape index (κ2) is 8.53. The molecular formula is C12H25NO3. The van der Waals surface area contributed by atoms with Crippen LogP contribution in [0.1, 0.15) is 40.5 Å². The molecule has 4 heteroatoms. The van der Waals surface area contributed by atoms with Crippen LogP contribution >= 0.6 is 0 Å². The van der Waals surface area contributed by atoms with Crippen molar-refractivity contribution in [1.29, 1.82) is 0 Å². The van der Waals surface area contributed by atoms with Crippen LogP contribution in [0, 0.1) is 0 Å². The largest absolute Gasteiger partial charge is 0.465 e. The minimum Gasteiger partial charge on any atom is -0.465 e. The molecule has 0 aliphatic rings. The predicted octanol–water partition coefficient (Wildman–Crippen LogP) is 1.73. The van der Waals surface area contributed by atoms with E-state index in [1.807, 2.05) is 20.8 Å². The van der Waals surface area contributed by atoms with Crippen molar-refractivity contribution in [3.8, 4) is 0 Å². The molecule has 0 aromatic rings. The Kier molecular flexibility index (Phi) is 8.21. The van der Waals surface area contributed by atoms with E-state index in [1.54, 1.807) is 0 Å². The molecule has 0 amide bonds. The van der Waals surface area contributed by atoms with Crippen molar-refractivity contribution in [2.24, 2.45) is 0 Å². The van der Waals surface area contributed by atoms with Gasteiger partial charge in [-0.25, -0.2) is 4.79 Å². The van der Waals surface area contributed by atoms with Gasteiger partial charge in [-0.1, -0.05) is 20.3 Å². The van der Waals surface area contributed by atoms with Crippen LogP contribution in [0.4, 0.5) is 0 Å². The van der Waals surface area contributed by atoms with Crippen LogP contribution in [0.2, 0.25) is 0 Å². The molecule has 0 aliphatic heterocycles. The molecule has 0 fully saturated rings. The second-order valence-electron chi connectivity index (χ2n) is 3.99. The first-order chi connectivity index (χ1) is 7.60. The third kappa shape index (κ3) is 5.47. The van der Waals surface area contributed by atoms with Crippen LogP contribution in [0.15, 0.2) is 0 Å². The van der Waals surface area contributed by atoms with Gasteiger partial charge in [0.25, 0.3) is 0 Å². The summed E-state index contributed by atoms with van der Waals surface area (Å²) in [5, 5.41) is 3.12. The third-order valence-corrected chi connectivity index (χ3v) is 2.33. The van der Waals surface area contributed by atoms with Crippen molar-refractivity contribution in [3.63, 3.8) is 0 Å². The molecule has 0 rings (SSSR count). The molecule has 96 valence electrons. The molecule has 1 unspecified atom stereocenters. The summed E-state index contributed by atoms with van der Waals surface area (Å²) in [6.07, 6.45) is 2.11. The number of hydrogen-bond donors (Lipinski definition) is 1. The molecule has 4 nitrogen and oxygen atoms in total. The summed E-state index contributed by atoms with van der Waals surface area (Å²) in [6.45, 7) is 9.86. The Morgan fingerprint density at radius 3 is 2.50 bits per heavy atom. The fraction of sp³-hybridized carbons (Fsp3) is 0.917. The molecule has 1 N–H and O–H groups in total. The number of unbranched alkanes of at least 4 members (excludes halogenated alkanes) is 1. The highest BCUT2D eigenvalue weighted by molar-refractivity contribution is 5.80. The molecule has 0 spiro atoms. The van der Waals surface area contributed by atoms with Crippen LogP contribution in [0.5, 0.6) is 0 Å². The smallest absolute Gasteiger partial charge is 0.328 e. The standard InChI is InChI=1S/C12H25NO3/c1-5-8-9-15-10-12(4,13-6-2)11(14)16-7-3/h13H,5-10H2,1-4H3. The summed E-state index contributed by atoms with van der Waals surface area (Å²) in [4.78, 5) is 11.8. The van der Waals surface area contributed by atoms with Crippen molar-refractivity contribution in [1.82, 2.24) is 5.32 Å². The summed E-state index contributed by atoms with van der Waals surface area (Å²) >= 11 is 0. The lowest BCUT2D eigenvalue weighted by Crippen LogP contribution is -2.54. The fourth-order valence-corrected chi connectivity index (χ4v) is 1.39. The Hall–Kier alpha value is -0.610. The normalized spacial score (nSPS) is 14.5. The first-order valence-corrected chi connectivity index (χ1v) is 6.10. The fourth-order valence-electron chi connectivity index (χ4n) is 1.39. The SMILES string of the molecule is CCCCOCC(C)(NCC)C(=O)OCC. The topological polar surface area (TPSA) is 47.6 Å². The van der Waals surface area contributed by atoms with E-state index in [9.17, 15) is 4.79 Å². The van der Waals surface area contributed by atoms with Gasteiger partial charge >= 0.3 is 5.97 Å². The maximum absolute atomic E-state index is 11.8. The van der Waals surface area contributed by atoms with Gasteiger partial charge < -0.3 is 14.8 Å². The lowest BCUT2D eigenvalue weighted by Gasteiger charge is -2.27. The molecule has 0 aliphatic carbocycles. The van der Waals surface area contributed by atoms with Crippen molar-refractivity contribution < 1.29 is 14.3 Å². The Labute approximate surface area is 98.7 Å². The molecular weight excluding hydrogens is 206 g/mol. The van der Waals surface area contributed by atoms with E-state index in [-0.39, 0.29) is 5.97 Å². The highest BCUT2D eigenvalue weighted by Gasteiger charge is 2.34. The number of carbonyl (C=O) groups is 1. The summed E-state index contributed by atoms with van der Waals surface area (Å²) in [5.41, 5.74) is -0.724. The van der Waals surface area contributed by atoms with Gasteiger partial charge in [-0.05, 0) is 26.8 Å². The second-order valence-corrected chi connectivity index (χ2v) is 3.99. The summed E-state index contributed by atoms with van der Waals surface area (Å²) in [5.74, 6) is -0.242. The van der Waals surface area contributed by atoms with Crippen LogP contribution in [0.25, 0.3) is 0 Å². The van der Waals surface area contributed by atoms with Crippen LogP contribution in [-0.4, -0.2) is 37.9 Å². The van der Waals surface area contributed by atoms with Gasteiger partial charge in [0.05, 0.1) is 13.2 Å². The number of hydrogen-bond acceptors (Lipinski definition) is 4. The van der Waals surface area contributed by atoms with Gasteiger partial charge in [-0.3, -0.25) is 0 Å². The van der Waals surface area contributed by atoms with Gasteiger partial charge in [0.15, 0.2) is 0 Å². The Balaban J connectivity index is 4.15. The number of carbonyl (C=O) groups excluding carboxylic acids is 1. The third-order valence-electron chi connectivity index (χ3n) is 2.33. The lowest BCUT2D eigenvalue weighted by molar-refractivity contribution is -0.153. The van der Waals surface area contributed by atoms with E-state index in [4.69, 9.17) is 9.47 Å². The van der Waals surface area contributed by atoms with Crippen molar-refractivity contribution in [3.05, 3.63) is 0 Å². The maximum atomic E-state index is 11.8. The van der Waals surface area contributed by atoms with Gasteiger partial charge in [0, 0.05) is 6.61 Å². The van der Waals surface area contributed by atoms with Gasteiger partial charge in [-0.15, -0.1) is 0 Å². The Bertz CT molecular complexity index is 197. The van der Waals surface area contributed by atoms with Crippen molar-refractivity contribution >= 4 is 5.97 Å². The quantitative estimate of drug-likeness (QED) is 0.485. The van der Waals surface area contributed by atoms with E-state index in [2.05, 4.69) is 12.2 Å². The number of ether oxygens (including phenoxy) is 2. The molecule has 0 radical (unpaired) electrons. The number of rotatable bonds is 9. The molecule has 0 heterocycles. The number of nitrogens with one attached hydrogen (secondary N) is 1. The average molecular weight is 231 g/mol. The highest BCUT2D eigenvalue weighted by Crippen LogP contribution is 2.08. The Morgan fingerprint density at radius 2 is 2.00 bits per heavy atom. The lowest BCUT2D eigenvalue weighted by atomic mass is 10.0. The van der Waals surface area contributed by atoms with Crippen LogP contribution in [-0.2, 0) is 14.3 Å². The van der Waals surface area contributed by atoms with E-state index in [0.717, 1.165) is 12.8 Å². The zero-order valence-electron chi connectivity index (χ0n) is 11.0. The van der Waals surface area contributed by atoms with E-state index in [1.165, 1.54) is 0 Å². The molecule has 0 bridgehead atoms. The van der Waals surface area contributed by atoms with Gasteiger partial charge in [0.1, 0.15) is 5.54 Å². The highest BCUT2D eigenvalue weighted by atomic mass is 16.5. The zero-order chi connectivity index (χ0) is 12.4. The van der Waals surface area contributed by atoms with Gasteiger partial charge in [0.2, 0.25) is 0 Å². The Morgan fingerprint density at radius 1 is 1.31 bits per heavy atom. The van der Waals surface area contributed by atoms with E-state index < -0.39 is 5.54 Å². The summed E-state index contributed by atoms with van der Waals surface area (Å²) in [7, 11) is 0. The number of esters is 1. The van der Waals surface area contributed by atoms with E-state index in [0.29, 0.717) is 26.4 Å². The monoisotopic (exact) mass is 231 g/mol. The molecule has 0 saturated carbocycles. The molecule has 0 saturated heterocycles. The van der Waals surface area contributed by atoms with Crippen molar-refractivity contribution in [2.45, 2.75) is 46.1 Å². The first kappa shape index (κ1) is 15.4. The summed E-state index contributed by atoms with van der Waals surface area (Å²) < 4.78 is 10.5. The van der Waals surface area contributed by atoms with E-state index >= 15 is 0 Å². The predicted molar refractivity (Wildman–Crippen MR) is 64.4 cm³/mol. The number of likely N-dealkylation sites (N-methyl/N-ethyl adjacent to an activating group) is 1. The maximum Gasteiger partial charge on any atom is 0.328 e. The van der Waals surface area contributed by atoms with Crippen LogP contribution < -0.4 is 5.32 Å². The average Bonchev–Trinajstić information content (AvgIpc) is 2.25. The molecule has 16 heavy (non-hydrogen) atoms. The minimum absolute atomic E-state index is 0.242. The van der Waals surface area contributed by atoms with Crippen molar-refractivity contribution in [2.75, 3.05) is 26.4 Å². The summed E-state index contributed by atoms with van der Waals surface area (Å²) in [6, 6.07) is 0. The molecule has 1 atom stereocenters. The minimum atomic E-state index is -0.724. The molecule has 0 aromatic carbocycles. The first-order valence-electron chi connectivity index (χ1n) is 6.10. The van der Waals surface area contributed by atoms with Crippen LogP contribution in [0.3, 0.4) is 0 Å².